The summed E-state index contributed by atoms with van der Waals surface area (Å²) >= 11 is 0. The first-order valence-corrected chi connectivity index (χ1v) is 13.6. The van der Waals surface area contributed by atoms with E-state index < -0.39 is 9.84 Å². The lowest BCUT2D eigenvalue weighted by molar-refractivity contribution is 0.312. The van der Waals surface area contributed by atoms with Crippen LogP contribution >= 0.6 is 0 Å². The van der Waals surface area contributed by atoms with Crippen molar-refractivity contribution in [3.63, 3.8) is 0 Å². The lowest BCUT2D eigenvalue weighted by Crippen LogP contribution is -2.26. The summed E-state index contributed by atoms with van der Waals surface area (Å²) in [6.07, 6.45) is 3.20. The van der Waals surface area contributed by atoms with Gasteiger partial charge in [0, 0.05) is 32.3 Å². The normalized spacial score (nSPS) is 15.6. The molecule has 4 heterocycles. The molecule has 0 bridgehead atoms. The molecule has 0 saturated carbocycles. The zero-order valence-corrected chi connectivity index (χ0v) is 21.4. The van der Waals surface area contributed by atoms with Crippen molar-refractivity contribution < 1.29 is 13.2 Å². The highest BCUT2D eigenvalue weighted by Gasteiger charge is 2.29. The minimum atomic E-state index is -3.67. The molecule has 2 aliphatic rings. The summed E-state index contributed by atoms with van der Waals surface area (Å²) in [4.78, 5) is 19.0. The predicted octanol–water partition coefficient (Wildman–Crippen LogP) is 4.02. The number of hydrogen-bond acceptors (Lipinski definition) is 9. The largest absolute Gasteiger partial charge is 0.495 e. The number of methoxy groups -OCH3 is 1. The predicted molar refractivity (Wildman–Crippen MR) is 144 cm³/mol. The standard InChI is InChI=1S/C26H27N7O3S/c1-33-12-9-16-14-21(36-2)20(13-17(16)15-33)30-26-31-24-18(7-10-28-24)25(32-26)29-19-5-3-4-6-22(19)37(34,35)23-8-11-27-23/h3-7,10,13-14H,8-9,11-12,15H2,1-2H3,(H3,28,29,30,31,32). The molecule has 0 spiro atoms. The molecule has 0 saturated heterocycles. The number of para-hydroxylation sites is 1. The van der Waals surface area contributed by atoms with Gasteiger partial charge in [-0.05, 0) is 54.9 Å². The lowest BCUT2D eigenvalue weighted by atomic mass is 9.99. The maximum absolute atomic E-state index is 13.1. The van der Waals surface area contributed by atoms with Gasteiger partial charge in [0.05, 0.1) is 28.8 Å². The number of nitrogens with one attached hydrogen (secondary N) is 3. The van der Waals surface area contributed by atoms with Gasteiger partial charge in [-0.2, -0.15) is 9.97 Å². The number of rotatable bonds is 6. The molecule has 4 aromatic rings. The van der Waals surface area contributed by atoms with Gasteiger partial charge in [-0.15, -0.1) is 0 Å². The smallest absolute Gasteiger partial charge is 0.231 e. The van der Waals surface area contributed by atoms with Crippen LogP contribution in [0.1, 0.15) is 17.5 Å². The number of likely N-dealkylation sites (N-methyl/N-ethyl adjacent to an activating group) is 1. The van der Waals surface area contributed by atoms with Crippen molar-refractivity contribution in [3.05, 3.63) is 59.8 Å². The Kier molecular flexibility index (Phi) is 5.81. The Labute approximate surface area is 214 Å². The highest BCUT2D eigenvalue weighted by atomic mass is 32.2. The third kappa shape index (κ3) is 4.30. The molecule has 0 atom stereocenters. The van der Waals surface area contributed by atoms with Gasteiger partial charge in [0.25, 0.3) is 0 Å². The zero-order chi connectivity index (χ0) is 25.6. The molecule has 6 rings (SSSR count). The van der Waals surface area contributed by atoms with Crippen LogP contribution in [-0.4, -0.2) is 60.6 Å². The molecule has 0 radical (unpaired) electrons. The van der Waals surface area contributed by atoms with Gasteiger partial charge in [-0.25, -0.2) is 8.42 Å². The van der Waals surface area contributed by atoms with E-state index in [4.69, 9.17) is 9.72 Å². The van der Waals surface area contributed by atoms with Crippen LogP contribution < -0.4 is 15.4 Å². The fourth-order valence-electron chi connectivity index (χ4n) is 4.69. The minimum Gasteiger partial charge on any atom is -0.495 e. The van der Waals surface area contributed by atoms with Crippen molar-refractivity contribution in [2.45, 2.75) is 24.3 Å². The van der Waals surface area contributed by atoms with Gasteiger partial charge in [0.2, 0.25) is 15.8 Å². The van der Waals surface area contributed by atoms with Crippen molar-refractivity contribution in [1.82, 2.24) is 19.9 Å². The van der Waals surface area contributed by atoms with Crippen LogP contribution in [0.25, 0.3) is 11.0 Å². The Morgan fingerprint density at radius 3 is 2.65 bits per heavy atom. The van der Waals surface area contributed by atoms with Crippen LogP contribution in [0.5, 0.6) is 5.75 Å². The number of aliphatic imine (C=N–C) groups is 1. The average Bonchev–Trinajstić information content (AvgIpc) is 3.31. The van der Waals surface area contributed by atoms with Crippen LogP contribution in [-0.2, 0) is 22.8 Å². The monoisotopic (exact) mass is 517 g/mol. The van der Waals surface area contributed by atoms with Gasteiger partial charge in [-0.1, -0.05) is 12.1 Å². The van der Waals surface area contributed by atoms with E-state index >= 15 is 0 Å². The number of aromatic nitrogens is 3. The molecular weight excluding hydrogens is 490 g/mol. The second-order valence-corrected chi connectivity index (χ2v) is 11.1. The Hall–Kier alpha value is -3.96. The summed E-state index contributed by atoms with van der Waals surface area (Å²) in [6, 6.07) is 12.8. The van der Waals surface area contributed by atoms with E-state index in [0.29, 0.717) is 41.8 Å². The summed E-state index contributed by atoms with van der Waals surface area (Å²) in [7, 11) is 0.0799. The summed E-state index contributed by atoms with van der Waals surface area (Å²) in [5, 5.41) is 7.50. The number of H-pyrrole nitrogens is 1. The van der Waals surface area contributed by atoms with Gasteiger partial charge in [-0.3, -0.25) is 4.99 Å². The highest BCUT2D eigenvalue weighted by Crippen LogP contribution is 2.35. The van der Waals surface area contributed by atoms with Crippen molar-refractivity contribution in [1.29, 1.82) is 0 Å². The molecule has 11 heteroatoms. The second-order valence-electron chi connectivity index (χ2n) is 9.22. The Morgan fingerprint density at radius 2 is 1.86 bits per heavy atom. The Morgan fingerprint density at radius 1 is 1.03 bits per heavy atom. The molecule has 10 nitrogen and oxygen atoms in total. The minimum absolute atomic E-state index is 0.172. The first-order chi connectivity index (χ1) is 17.9. The number of anilines is 4. The molecular formula is C26H27N7O3S. The third-order valence-corrected chi connectivity index (χ3v) is 8.63. The van der Waals surface area contributed by atoms with Crippen molar-refractivity contribution >= 4 is 49.1 Å². The summed E-state index contributed by atoms with van der Waals surface area (Å²) in [6.45, 7) is 2.40. The maximum atomic E-state index is 13.1. The van der Waals surface area contributed by atoms with Crippen LogP contribution in [0.15, 0.2) is 58.5 Å². The van der Waals surface area contributed by atoms with Crippen molar-refractivity contribution in [2.24, 2.45) is 4.99 Å². The van der Waals surface area contributed by atoms with Gasteiger partial charge in [0.15, 0.2) is 0 Å². The molecule has 37 heavy (non-hydrogen) atoms. The van der Waals surface area contributed by atoms with Crippen molar-refractivity contribution in [3.8, 4) is 5.75 Å². The van der Waals surface area contributed by atoms with Gasteiger partial charge < -0.3 is 25.3 Å². The molecule has 3 N–H and O–H groups in total. The number of aromatic amines is 1. The van der Waals surface area contributed by atoms with E-state index in [1.807, 2.05) is 6.07 Å². The SMILES string of the molecule is COc1cc2c(cc1Nc1nc(Nc3ccccc3S(=O)(=O)C3=NCC3)c3cc[nH]c3n1)CN(C)CC2. The Balaban J connectivity index is 1.38. The number of hydrogen-bond donors (Lipinski definition) is 3. The number of sulfone groups is 1. The molecule has 0 amide bonds. The molecule has 0 aliphatic carbocycles. The van der Waals surface area contributed by atoms with E-state index in [-0.39, 0.29) is 9.94 Å². The van der Waals surface area contributed by atoms with Crippen LogP contribution in [0.4, 0.5) is 23.1 Å². The molecule has 2 aliphatic heterocycles. The summed E-state index contributed by atoms with van der Waals surface area (Å²) in [5.74, 6) is 1.54. The molecule has 190 valence electrons. The van der Waals surface area contributed by atoms with E-state index in [1.165, 1.54) is 11.1 Å². The van der Waals surface area contributed by atoms with E-state index in [2.05, 4.69) is 49.7 Å². The fraction of sp³-hybridized carbons (Fsp3) is 0.269. The lowest BCUT2D eigenvalue weighted by Gasteiger charge is -2.26. The van der Waals surface area contributed by atoms with Gasteiger partial charge in [0.1, 0.15) is 22.3 Å². The first kappa shape index (κ1) is 23.4. The average molecular weight is 518 g/mol. The highest BCUT2D eigenvalue weighted by molar-refractivity contribution is 8.06. The number of benzene rings is 2. The Bertz CT molecular complexity index is 1650. The molecule has 0 fully saturated rings. The van der Waals surface area contributed by atoms with E-state index in [1.54, 1.807) is 37.6 Å². The zero-order valence-electron chi connectivity index (χ0n) is 20.6. The molecule has 2 aromatic heterocycles. The fourth-order valence-corrected chi connectivity index (χ4v) is 6.23. The van der Waals surface area contributed by atoms with Crippen LogP contribution in [0.3, 0.4) is 0 Å². The van der Waals surface area contributed by atoms with Crippen LogP contribution in [0.2, 0.25) is 0 Å². The first-order valence-electron chi connectivity index (χ1n) is 12.1. The third-order valence-electron chi connectivity index (χ3n) is 6.74. The van der Waals surface area contributed by atoms with E-state index in [9.17, 15) is 8.42 Å². The number of nitrogens with zero attached hydrogens (tertiary/aromatic N) is 4. The van der Waals surface area contributed by atoms with E-state index in [0.717, 1.165) is 30.6 Å². The van der Waals surface area contributed by atoms with Crippen LogP contribution in [0, 0.1) is 0 Å². The summed E-state index contributed by atoms with van der Waals surface area (Å²) in [5.41, 5.74) is 4.31. The number of fused-ring (bicyclic) bond motifs is 2. The maximum Gasteiger partial charge on any atom is 0.231 e. The molecule has 0 unspecified atom stereocenters. The number of ether oxygens (including phenoxy) is 1. The summed E-state index contributed by atoms with van der Waals surface area (Å²) < 4.78 is 31.9. The molecule has 2 aromatic carbocycles. The van der Waals surface area contributed by atoms with Crippen molar-refractivity contribution in [2.75, 3.05) is 37.9 Å². The topological polar surface area (TPSA) is 125 Å². The van der Waals surface area contributed by atoms with Gasteiger partial charge >= 0.3 is 0 Å². The quantitative estimate of drug-likeness (QED) is 0.350. The second kappa shape index (κ2) is 9.16.